The molecule has 0 aromatic carbocycles. The van der Waals surface area contributed by atoms with E-state index in [1.165, 1.54) is 18.4 Å². The number of pyridine rings is 1. The van der Waals surface area contributed by atoms with Gasteiger partial charge in [0.25, 0.3) is 0 Å². The molecule has 0 saturated heterocycles. The first-order chi connectivity index (χ1) is 7.70. The van der Waals surface area contributed by atoms with Gasteiger partial charge in [-0.3, -0.25) is 0 Å². The second kappa shape index (κ2) is 4.71. The van der Waals surface area contributed by atoms with Gasteiger partial charge in [-0.25, -0.2) is 14.8 Å². The van der Waals surface area contributed by atoms with Gasteiger partial charge in [-0.1, -0.05) is 0 Å². The second-order valence-electron chi connectivity index (χ2n) is 2.89. The highest BCUT2D eigenvalue weighted by Crippen LogP contribution is 2.27. The number of rotatable bonds is 2. The summed E-state index contributed by atoms with van der Waals surface area (Å²) < 4.78 is 5.52. The normalized spacial score (nSPS) is 10.1. The number of carbonyl (C=O) groups excluding carboxylic acids is 1. The molecular formula is C10H7BrN2O2S. The van der Waals surface area contributed by atoms with Crippen molar-refractivity contribution >= 4 is 33.2 Å². The summed E-state index contributed by atoms with van der Waals surface area (Å²) in [5.74, 6) is -0.438. The van der Waals surface area contributed by atoms with Crippen molar-refractivity contribution in [2.75, 3.05) is 7.11 Å². The predicted molar refractivity (Wildman–Crippen MR) is 64.4 cm³/mol. The van der Waals surface area contributed by atoms with Gasteiger partial charge in [-0.15, -0.1) is 11.3 Å². The lowest BCUT2D eigenvalue weighted by Gasteiger charge is -1.99. The second-order valence-corrected chi connectivity index (χ2v) is 5.30. The number of thiazole rings is 1. The number of hydrogen-bond acceptors (Lipinski definition) is 5. The van der Waals surface area contributed by atoms with Crippen LogP contribution >= 0.6 is 27.3 Å². The Labute approximate surface area is 104 Å². The van der Waals surface area contributed by atoms with Crippen molar-refractivity contribution in [2.24, 2.45) is 0 Å². The fraction of sp³-hybridized carbons (Fsp3) is 0.100. The molecule has 82 valence electrons. The number of ether oxygens (including phenoxy) is 1. The van der Waals surface area contributed by atoms with Gasteiger partial charge in [-0.05, 0) is 28.1 Å². The summed E-state index contributed by atoms with van der Waals surface area (Å²) in [6.07, 6.45) is 3.34. The van der Waals surface area contributed by atoms with Gasteiger partial charge >= 0.3 is 5.97 Å². The van der Waals surface area contributed by atoms with Crippen LogP contribution in [0.15, 0.2) is 28.3 Å². The molecule has 0 aliphatic rings. The smallest absolute Gasteiger partial charge is 0.356 e. The minimum Gasteiger partial charge on any atom is -0.464 e. The Kier molecular flexibility index (Phi) is 3.31. The zero-order chi connectivity index (χ0) is 11.5. The Hall–Kier alpha value is -1.27. The summed E-state index contributed by atoms with van der Waals surface area (Å²) in [7, 11) is 1.33. The number of aromatic nitrogens is 2. The van der Waals surface area contributed by atoms with Gasteiger partial charge in [0.05, 0.1) is 17.1 Å². The van der Waals surface area contributed by atoms with E-state index in [0.29, 0.717) is 5.69 Å². The number of esters is 1. The molecule has 2 aromatic rings. The van der Waals surface area contributed by atoms with Crippen LogP contribution in [0, 0.1) is 0 Å². The zero-order valence-corrected chi connectivity index (χ0v) is 10.7. The molecule has 0 atom stereocenters. The fourth-order valence-electron chi connectivity index (χ4n) is 1.13. The van der Waals surface area contributed by atoms with Crippen molar-refractivity contribution in [3.8, 4) is 10.6 Å². The highest BCUT2D eigenvalue weighted by Gasteiger charge is 2.08. The number of hydrogen-bond donors (Lipinski definition) is 0. The molecule has 0 fully saturated rings. The van der Waals surface area contributed by atoms with E-state index >= 15 is 0 Å². The molecule has 0 unspecified atom stereocenters. The molecule has 0 aliphatic carbocycles. The van der Waals surface area contributed by atoms with Crippen molar-refractivity contribution in [3.05, 3.63) is 34.0 Å². The maximum Gasteiger partial charge on any atom is 0.356 e. The number of halogens is 1. The molecule has 0 amide bonds. The van der Waals surface area contributed by atoms with E-state index in [1.54, 1.807) is 24.5 Å². The van der Waals surface area contributed by atoms with E-state index in [2.05, 4.69) is 30.6 Å². The van der Waals surface area contributed by atoms with E-state index in [9.17, 15) is 4.79 Å². The molecule has 0 aliphatic heterocycles. The van der Waals surface area contributed by atoms with Crippen molar-refractivity contribution < 1.29 is 9.53 Å². The topological polar surface area (TPSA) is 52.1 Å². The first-order valence-corrected chi connectivity index (χ1v) is 5.97. The fourth-order valence-corrected chi connectivity index (χ4v) is 2.33. The maximum absolute atomic E-state index is 11.2. The molecule has 0 bridgehead atoms. The van der Waals surface area contributed by atoms with Crippen LogP contribution in [0.25, 0.3) is 10.6 Å². The molecule has 4 nitrogen and oxygen atoms in total. The third-order valence-electron chi connectivity index (χ3n) is 1.88. The van der Waals surface area contributed by atoms with Gasteiger partial charge in [0.1, 0.15) is 10.7 Å². The van der Waals surface area contributed by atoms with E-state index in [0.717, 1.165) is 14.4 Å². The first-order valence-electron chi connectivity index (χ1n) is 4.37. The van der Waals surface area contributed by atoms with E-state index in [4.69, 9.17) is 0 Å². The highest BCUT2D eigenvalue weighted by atomic mass is 79.9. The summed E-state index contributed by atoms with van der Waals surface area (Å²) in [5, 5.41) is 0.857. The number of carbonyl (C=O) groups is 1. The van der Waals surface area contributed by atoms with Crippen LogP contribution in [0.1, 0.15) is 10.5 Å². The van der Waals surface area contributed by atoms with Gasteiger partial charge < -0.3 is 4.74 Å². The molecule has 0 spiro atoms. The molecule has 2 heterocycles. The van der Waals surface area contributed by atoms with Crippen molar-refractivity contribution in [1.82, 2.24) is 9.97 Å². The maximum atomic E-state index is 11.2. The van der Waals surface area contributed by atoms with Gasteiger partial charge in [-0.2, -0.15) is 0 Å². The Balaban J connectivity index is 2.29. The largest absolute Gasteiger partial charge is 0.464 e. The molecule has 0 N–H and O–H groups in total. The molecule has 6 heteroatoms. The van der Waals surface area contributed by atoms with Crippen LogP contribution in [0.5, 0.6) is 0 Å². The molecule has 2 aromatic heterocycles. The molecular weight excluding hydrogens is 292 g/mol. The summed E-state index contributed by atoms with van der Waals surface area (Å²) in [6.45, 7) is 0. The zero-order valence-electron chi connectivity index (χ0n) is 8.31. The van der Waals surface area contributed by atoms with Crippen LogP contribution in [0.2, 0.25) is 0 Å². The third kappa shape index (κ3) is 2.28. The minimum absolute atomic E-state index is 0.293. The Morgan fingerprint density at radius 2 is 2.19 bits per heavy atom. The average molecular weight is 299 g/mol. The highest BCUT2D eigenvalue weighted by molar-refractivity contribution is 9.11. The Morgan fingerprint density at radius 3 is 2.69 bits per heavy atom. The quantitative estimate of drug-likeness (QED) is 0.800. The summed E-state index contributed by atoms with van der Waals surface area (Å²) in [6, 6.07) is 3.42. The van der Waals surface area contributed by atoms with Gasteiger partial charge in [0, 0.05) is 11.8 Å². The van der Waals surface area contributed by atoms with E-state index in [1.807, 2.05) is 0 Å². The van der Waals surface area contributed by atoms with Crippen LogP contribution in [0.4, 0.5) is 0 Å². The molecule has 16 heavy (non-hydrogen) atoms. The van der Waals surface area contributed by atoms with Crippen molar-refractivity contribution in [1.29, 1.82) is 0 Å². The summed E-state index contributed by atoms with van der Waals surface area (Å²) in [4.78, 5) is 19.4. The van der Waals surface area contributed by atoms with Crippen LogP contribution < -0.4 is 0 Å². The van der Waals surface area contributed by atoms with Gasteiger partial charge in [0.15, 0.2) is 0 Å². The average Bonchev–Trinajstić information content (AvgIpc) is 2.75. The lowest BCUT2D eigenvalue weighted by Crippen LogP contribution is -2.03. The molecule has 2 rings (SSSR count). The summed E-state index contributed by atoms with van der Waals surface area (Å²) >= 11 is 4.85. The standard InChI is InChI=1S/C10H7BrN2O2S/c1-15-10(14)7-3-2-6(4-12-7)9-13-5-8(11)16-9/h2-5H,1H3. The first kappa shape index (κ1) is 11.2. The van der Waals surface area contributed by atoms with Crippen molar-refractivity contribution in [2.45, 2.75) is 0 Å². The lowest BCUT2D eigenvalue weighted by atomic mass is 10.2. The predicted octanol–water partition coefficient (Wildman–Crippen LogP) is 2.75. The minimum atomic E-state index is -0.438. The Morgan fingerprint density at radius 1 is 1.38 bits per heavy atom. The van der Waals surface area contributed by atoms with Crippen molar-refractivity contribution in [3.63, 3.8) is 0 Å². The molecule has 0 radical (unpaired) electrons. The van der Waals surface area contributed by atoms with Crippen LogP contribution in [-0.4, -0.2) is 23.0 Å². The van der Waals surface area contributed by atoms with Crippen LogP contribution in [-0.2, 0) is 4.74 Å². The van der Waals surface area contributed by atoms with Crippen LogP contribution in [0.3, 0.4) is 0 Å². The van der Waals surface area contributed by atoms with E-state index < -0.39 is 5.97 Å². The summed E-state index contributed by atoms with van der Waals surface area (Å²) in [5.41, 5.74) is 1.17. The molecule has 0 saturated carbocycles. The monoisotopic (exact) mass is 298 g/mol. The van der Waals surface area contributed by atoms with Gasteiger partial charge in [0.2, 0.25) is 0 Å². The third-order valence-corrected chi connectivity index (χ3v) is 3.41. The number of methoxy groups -OCH3 is 1. The SMILES string of the molecule is COC(=O)c1ccc(-c2ncc(Br)s2)cn1. The Bertz CT molecular complexity index is 510. The number of nitrogens with zero attached hydrogens (tertiary/aromatic N) is 2. The lowest BCUT2D eigenvalue weighted by molar-refractivity contribution is 0.0594. The van der Waals surface area contributed by atoms with E-state index in [-0.39, 0.29) is 0 Å².